The molecule has 0 unspecified atom stereocenters. The second-order valence-corrected chi connectivity index (χ2v) is 8.73. The summed E-state index contributed by atoms with van der Waals surface area (Å²) in [6, 6.07) is 23.5. The number of carbonyl (C=O) groups excluding carboxylic acids is 1. The van der Waals surface area contributed by atoms with Gasteiger partial charge in [0, 0.05) is 22.3 Å². The van der Waals surface area contributed by atoms with Gasteiger partial charge >= 0.3 is 6.09 Å². The molecule has 8 nitrogen and oxygen atoms in total. The maximum Gasteiger partial charge on any atom is 0.413 e. The van der Waals surface area contributed by atoms with E-state index < -0.39 is 6.09 Å². The Morgan fingerprint density at radius 2 is 1.82 bits per heavy atom. The zero-order chi connectivity index (χ0) is 27.0. The first-order valence-corrected chi connectivity index (χ1v) is 12.3. The number of hydrogen-bond donors (Lipinski definition) is 2. The number of hydrogen-bond acceptors (Lipinski definition) is 7. The highest BCUT2D eigenvalue weighted by Crippen LogP contribution is 2.33. The summed E-state index contributed by atoms with van der Waals surface area (Å²) in [5.41, 5.74) is 3.12. The largest absolute Gasteiger partial charge is 0.454 e. The summed E-state index contributed by atoms with van der Waals surface area (Å²) >= 11 is 6.48. The van der Waals surface area contributed by atoms with Crippen molar-refractivity contribution in [2.24, 2.45) is 0 Å². The van der Waals surface area contributed by atoms with Gasteiger partial charge in [0.15, 0.2) is 0 Å². The van der Waals surface area contributed by atoms with E-state index in [9.17, 15) is 4.79 Å². The van der Waals surface area contributed by atoms with E-state index in [1.165, 1.54) is 6.33 Å². The number of nitrogens with one attached hydrogen (secondary N) is 2. The Morgan fingerprint density at radius 3 is 2.62 bits per heavy atom. The van der Waals surface area contributed by atoms with Crippen molar-refractivity contribution < 1.29 is 14.3 Å². The number of pyridine rings is 1. The van der Waals surface area contributed by atoms with E-state index in [1.807, 2.05) is 49.4 Å². The van der Waals surface area contributed by atoms with Crippen molar-refractivity contribution in [3.63, 3.8) is 0 Å². The van der Waals surface area contributed by atoms with Gasteiger partial charge in [0.1, 0.15) is 29.4 Å². The normalized spacial score (nSPS) is 10.3. The number of rotatable bonds is 6. The molecule has 0 aliphatic rings. The second kappa shape index (κ2) is 11.9. The number of amides is 1. The minimum Gasteiger partial charge on any atom is -0.454 e. The van der Waals surface area contributed by atoms with E-state index in [4.69, 9.17) is 21.1 Å². The lowest BCUT2D eigenvalue weighted by molar-refractivity contribution is 0.202. The number of halogens is 1. The van der Waals surface area contributed by atoms with Gasteiger partial charge in [-0.3, -0.25) is 4.98 Å². The van der Waals surface area contributed by atoms with Gasteiger partial charge in [-0.05, 0) is 67.6 Å². The number of benzene rings is 3. The van der Waals surface area contributed by atoms with Gasteiger partial charge in [0.2, 0.25) is 0 Å². The fourth-order valence-corrected chi connectivity index (χ4v) is 3.79. The Kier molecular flexibility index (Phi) is 7.81. The molecule has 3 aromatic carbocycles. The predicted molar refractivity (Wildman–Crippen MR) is 151 cm³/mol. The van der Waals surface area contributed by atoms with E-state index in [2.05, 4.69) is 37.4 Å². The van der Waals surface area contributed by atoms with Crippen LogP contribution in [0.2, 0.25) is 5.02 Å². The molecule has 2 aromatic heterocycles. The molecule has 0 radical (unpaired) electrons. The van der Waals surface area contributed by atoms with Crippen LogP contribution >= 0.6 is 11.6 Å². The van der Waals surface area contributed by atoms with Crippen molar-refractivity contribution in [3.05, 3.63) is 108 Å². The highest BCUT2D eigenvalue weighted by atomic mass is 35.5. The maximum absolute atomic E-state index is 11.9. The molecule has 0 bridgehead atoms. The van der Waals surface area contributed by atoms with Gasteiger partial charge in [0.25, 0.3) is 0 Å². The number of para-hydroxylation sites is 1. The lowest BCUT2D eigenvalue weighted by Gasteiger charge is -2.11. The van der Waals surface area contributed by atoms with E-state index in [-0.39, 0.29) is 6.54 Å². The monoisotopic (exact) mass is 535 g/mol. The zero-order valence-electron chi connectivity index (χ0n) is 20.8. The summed E-state index contributed by atoms with van der Waals surface area (Å²) in [6.07, 6.45) is 2.57. The molecule has 192 valence electrons. The van der Waals surface area contributed by atoms with Gasteiger partial charge in [-0.1, -0.05) is 41.6 Å². The zero-order valence-corrected chi connectivity index (χ0v) is 21.6. The Bertz CT molecular complexity index is 1680. The van der Waals surface area contributed by atoms with Crippen LogP contribution in [0.3, 0.4) is 0 Å². The molecule has 0 atom stereocenters. The van der Waals surface area contributed by atoms with Crippen LogP contribution in [0.5, 0.6) is 17.2 Å². The highest BCUT2D eigenvalue weighted by Gasteiger charge is 2.09. The van der Waals surface area contributed by atoms with Crippen LogP contribution in [0.15, 0.2) is 91.4 Å². The lowest BCUT2D eigenvalue weighted by atomic mass is 10.1. The summed E-state index contributed by atoms with van der Waals surface area (Å²) in [5.74, 6) is 8.15. The molecule has 0 aliphatic heterocycles. The van der Waals surface area contributed by atoms with Crippen LogP contribution in [-0.2, 0) is 0 Å². The average Bonchev–Trinajstić information content (AvgIpc) is 2.94. The van der Waals surface area contributed by atoms with Gasteiger partial charge in [-0.25, -0.2) is 14.8 Å². The number of fused-ring (bicyclic) bond motifs is 1. The Hall–Kier alpha value is -5.13. The average molecular weight is 536 g/mol. The Morgan fingerprint density at radius 1 is 0.949 bits per heavy atom. The topological polar surface area (TPSA) is 98.3 Å². The first kappa shape index (κ1) is 25.5. The number of aromatic nitrogens is 3. The third-order valence-corrected chi connectivity index (χ3v) is 5.74. The van der Waals surface area contributed by atoms with E-state index >= 15 is 0 Å². The van der Waals surface area contributed by atoms with E-state index in [1.54, 1.807) is 42.6 Å². The Labute approximate surface area is 230 Å². The van der Waals surface area contributed by atoms with Crippen LogP contribution in [0, 0.1) is 18.8 Å². The third kappa shape index (κ3) is 6.80. The fourth-order valence-electron chi connectivity index (χ4n) is 3.57. The SMILES string of the molecule is Cc1ccc(Oc2ccc(Nc3ncnc4ccc(C#CCNC(=O)Oc5ccccc5)cc34)cc2Cl)cn1. The number of ether oxygens (including phenoxy) is 2. The highest BCUT2D eigenvalue weighted by molar-refractivity contribution is 6.32. The third-order valence-electron chi connectivity index (χ3n) is 5.45. The molecule has 9 heteroatoms. The second-order valence-electron chi connectivity index (χ2n) is 8.32. The standard InChI is InChI=1S/C30H22ClN5O3/c1-20-9-12-24(18-33-20)38-28-14-11-22(17-26(28)31)36-29-25-16-21(10-13-27(25)34-19-35-29)6-5-15-32-30(37)39-23-7-3-2-4-8-23/h2-4,7-14,16-19H,15H2,1H3,(H,32,37)(H,34,35,36). The predicted octanol–water partition coefficient (Wildman–Crippen LogP) is 6.66. The first-order valence-electron chi connectivity index (χ1n) is 11.9. The number of nitrogens with zero attached hydrogens (tertiary/aromatic N) is 3. The van der Waals surface area contributed by atoms with Gasteiger partial charge in [-0.15, -0.1) is 0 Å². The van der Waals surface area contributed by atoms with Gasteiger partial charge in [-0.2, -0.15) is 0 Å². The van der Waals surface area contributed by atoms with Crippen molar-refractivity contribution in [2.45, 2.75) is 6.92 Å². The van der Waals surface area contributed by atoms with Crippen LogP contribution in [0.1, 0.15) is 11.3 Å². The molecule has 0 fully saturated rings. The molecule has 5 rings (SSSR count). The molecule has 2 heterocycles. The van der Waals surface area contributed by atoms with Gasteiger partial charge < -0.3 is 20.1 Å². The quantitative estimate of drug-likeness (QED) is 0.234. The number of anilines is 2. The van der Waals surface area contributed by atoms with Crippen molar-refractivity contribution in [1.29, 1.82) is 0 Å². The van der Waals surface area contributed by atoms with E-state index in [0.717, 1.165) is 27.8 Å². The molecular weight excluding hydrogens is 514 g/mol. The minimum absolute atomic E-state index is 0.131. The Balaban J connectivity index is 1.26. The molecule has 39 heavy (non-hydrogen) atoms. The summed E-state index contributed by atoms with van der Waals surface area (Å²) in [5, 5.41) is 7.12. The minimum atomic E-state index is -0.570. The molecule has 0 saturated carbocycles. The van der Waals surface area contributed by atoms with Crippen molar-refractivity contribution in [3.8, 4) is 29.1 Å². The van der Waals surface area contributed by atoms with Crippen LogP contribution in [-0.4, -0.2) is 27.6 Å². The molecule has 0 aliphatic carbocycles. The molecule has 0 spiro atoms. The van der Waals surface area contributed by atoms with Crippen molar-refractivity contribution in [1.82, 2.24) is 20.3 Å². The first-order chi connectivity index (χ1) is 19.0. The fraction of sp³-hybridized carbons (Fsp3) is 0.0667. The molecule has 0 saturated heterocycles. The smallest absolute Gasteiger partial charge is 0.413 e. The van der Waals surface area contributed by atoms with Gasteiger partial charge in [0.05, 0.1) is 23.3 Å². The van der Waals surface area contributed by atoms with Crippen LogP contribution in [0.25, 0.3) is 10.9 Å². The van der Waals surface area contributed by atoms with Crippen LogP contribution < -0.4 is 20.1 Å². The van der Waals surface area contributed by atoms with Crippen LogP contribution in [0.4, 0.5) is 16.3 Å². The summed E-state index contributed by atoms with van der Waals surface area (Å²) in [7, 11) is 0. The number of carbonyl (C=O) groups is 1. The van der Waals surface area contributed by atoms with Crippen molar-refractivity contribution >= 4 is 40.1 Å². The van der Waals surface area contributed by atoms with Crippen molar-refractivity contribution in [2.75, 3.05) is 11.9 Å². The molecule has 5 aromatic rings. The number of aryl methyl sites for hydroxylation is 1. The molecule has 2 N–H and O–H groups in total. The summed E-state index contributed by atoms with van der Waals surface area (Å²) in [4.78, 5) is 24.9. The summed E-state index contributed by atoms with van der Waals surface area (Å²) < 4.78 is 11.0. The molecular formula is C30H22ClN5O3. The molecule has 1 amide bonds. The van der Waals surface area contributed by atoms with E-state index in [0.29, 0.717) is 28.1 Å². The maximum atomic E-state index is 11.9. The summed E-state index contributed by atoms with van der Waals surface area (Å²) in [6.45, 7) is 2.04. The lowest BCUT2D eigenvalue weighted by Crippen LogP contribution is -2.26.